The van der Waals surface area contributed by atoms with E-state index in [9.17, 15) is 4.39 Å². The predicted molar refractivity (Wildman–Crippen MR) is 177 cm³/mol. The average molecular weight is 594 g/mol. The highest BCUT2D eigenvalue weighted by Crippen LogP contribution is 2.43. The minimum absolute atomic E-state index is 0.253. The summed E-state index contributed by atoms with van der Waals surface area (Å²) in [4.78, 5) is 14.6. The van der Waals surface area contributed by atoms with Crippen molar-refractivity contribution in [3.05, 3.63) is 53.7 Å². The largest absolute Gasteiger partial charge is 0.369 e. The van der Waals surface area contributed by atoms with Crippen molar-refractivity contribution in [2.45, 2.75) is 92.2 Å². The Morgan fingerprint density at radius 2 is 1.84 bits per heavy atom. The molecule has 2 saturated heterocycles. The van der Waals surface area contributed by atoms with E-state index in [-0.39, 0.29) is 11.9 Å². The maximum Gasteiger partial charge on any atom is 0.154 e. The SMILES string of the molecule is C=C(c1cc(F)ccc1Cc1nncnc1N1CCC2(C1)CN(C(CCCN(C)CCCC)C(C)C)C2)N(CC)C(C)C. The molecule has 2 aliphatic rings. The first kappa shape index (κ1) is 33.3. The molecule has 0 N–H and O–H groups in total. The first-order chi connectivity index (χ1) is 20.6. The van der Waals surface area contributed by atoms with Crippen molar-refractivity contribution in [3.8, 4) is 0 Å². The second kappa shape index (κ2) is 14.9. The molecule has 8 heteroatoms. The van der Waals surface area contributed by atoms with E-state index < -0.39 is 0 Å². The van der Waals surface area contributed by atoms with E-state index in [1.54, 1.807) is 12.4 Å². The van der Waals surface area contributed by atoms with Gasteiger partial charge < -0.3 is 14.7 Å². The molecule has 4 rings (SSSR count). The van der Waals surface area contributed by atoms with Crippen molar-refractivity contribution in [3.63, 3.8) is 0 Å². The van der Waals surface area contributed by atoms with Crippen molar-refractivity contribution < 1.29 is 4.39 Å². The van der Waals surface area contributed by atoms with Crippen LogP contribution in [0.4, 0.5) is 10.2 Å². The van der Waals surface area contributed by atoms with Crippen LogP contribution in [0.3, 0.4) is 0 Å². The number of unbranched alkanes of at least 4 members (excludes halogenated alkanes) is 1. The molecule has 1 unspecified atom stereocenters. The van der Waals surface area contributed by atoms with Gasteiger partial charge in [-0.05, 0) is 90.2 Å². The number of benzene rings is 1. The molecule has 0 aliphatic carbocycles. The number of aromatic nitrogens is 3. The number of rotatable bonds is 16. The molecule has 0 bridgehead atoms. The summed E-state index contributed by atoms with van der Waals surface area (Å²) in [5.41, 5.74) is 3.83. The van der Waals surface area contributed by atoms with Gasteiger partial charge >= 0.3 is 0 Å². The third kappa shape index (κ3) is 8.13. The van der Waals surface area contributed by atoms with E-state index in [1.807, 2.05) is 6.07 Å². The molecule has 2 fully saturated rings. The van der Waals surface area contributed by atoms with Crippen molar-refractivity contribution in [1.82, 2.24) is 29.9 Å². The van der Waals surface area contributed by atoms with Gasteiger partial charge in [0.05, 0.1) is 0 Å². The van der Waals surface area contributed by atoms with Gasteiger partial charge in [-0.15, -0.1) is 10.2 Å². The molecule has 2 aliphatic heterocycles. The Labute approximate surface area is 260 Å². The zero-order valence-corrected chi connectivity index (χ0v) is 27.9. The summed E-state index contributed by atoms with van der Waals surface area (Å²) < 4.78 is 14.4. The molecule has 1 aromatic carbocycles. The highest BCUT2D eigenvalue weighted by molar-refractivity contribution is 5.66. The fraction of sp³-hybridized carbons (Fsp3) is 0.686. The summed E-state index contributed by atoms with van der Waals surface area (Å²) >= 11 is 0. The predicted octanol–water partition coefficient (Wildman–Crippen LogP) is 6.35. The Balaban J connectivity index is 1.42. The van der Waals surface area contributed by atoms with Gasteiger partial charge in [0.2, 0.25) is 0 Å². The van der Waals surface area contributed by atoms with Crippen molar-refractivity contribution in [2.24, 2.45) is 11.3 Å². The molecule has 1 aromatic heterocycles. The highest BCUT2D eigenvalue weighted by atomic mass is 19.1. The first-order valence-corrected chi connectivity index (χ1v) is 16.7. The maximum absolute atomic E-state index is 14.4. The zero-order valence-electron chi connectivity index (χ0n) is 27.9. The van der Waals surface area contributed by atoms with Crippen LogP contribution in [0.2, 0.25) is 0 Å². The van der Waals surface area contributed by atoms with Crippen molar-refractivity contribution >= 4 is 11.5 Å². The van der Waals surface area contributed by atoms with Crippen molar-refractivity contribution in [2.75, 3.05) is 57.8 Å². The third-order valence-corrected chi connectivity index (χ3v) is 9.71. The average Bonchev–Trinajstić information content (AvgIpc) is 3.40. The monoisotopic (exact) mass is 593 g/mol. The molecule has 1 atom stereocenters. The van der Waals surface area contributed by atoms with Gasteiger partial charge in [-0.25, -0.2) is 9.37 Å². The third-order valence-electron chi connectivity index (χ3n) is 9.71. The number of likely N-dealkylation sites (tertiary alicyclic amines) is 1. The van der Waals surface area contributed by atoms with Crippen molar-refractivity contribution in [1.29, 1.82) is 0 Å². The zero-order chi connectivity index (χ0) is 31.1. The molecule has 238 valence electrons. The summed E-state index contributed by atoms with van der Waals surface area (Å²) in [6, 6.07) is 5.92. The van der Waals surface area contributed by atoms with Crippen LogP contribution >= 0.6 is 0 Å². The van der Waals surface area contributed by atoms with Crippen LogP contribution in [-0.2, 0) is 6.42 Å². The molecular formula is C35H56FN7. The molecule has 2 aromatic rings. The summed E-state index contributed by atoms with van der Waals surface area (Å²) in [7, 11) is 2.26. The van der Waals surface area contributed by atoms with E-state index in [1.165, 1.54) is 51.3 Å². The van der Waals surface area contributed by atoms with Crippen LogP contribution in [-0.4, -0.2) is 94.8 Å². The summed E-state index contributed by atoms with van der Waals surface area (Å²) in [6.07, 6.45) is 8.36. The Hall–Kier alpha value is -2.58. The van der Waals surface area contributed by atoms with E-state index in [4.69, 9.17) is 4.98 Å². The summed E-state index contributed by atoms with van der Waals surface area (Å²) in [5.74, 6) is 1.32. The van der Waals surface area contributed by atoms with Crippen LogP contribution < -0.4 is 4.90 Å². The minimum Gasteiger partial charge on any atom is -0.369 e. The quantitative estimate of drug-likeness (QED) is 0.225. The maximum atomic E-state index is 14.4. The molecule has 0 radical (unpaired) electrons. The number of nitrogens with zero attached hydrogens (tertiary/aromatic N) is 7. The summed E-state index contributed by atoms with van der Waals surface area (Å²) in [5, 5.41) is 8.72. The van der Waals surface area contributed by atoms with Crippen LogP contribution in [0.25, 0.3) is 5.70 Å². The normalized spacial score (nSPS) is 17.3. The minimum atomic E-state index is -0.253. The standard InChI is InChI=1S/C35H56FN7/c1-9-11-17-40(8)18-12-13-33(26(3)4)42-23-35(24-42)16-19-41(22-35)34-32(39-38-25-37-34)20-29-14-15-30(36)21-31(29)28(7)43(10-2)27(5)6/h14-15,21,25-27,33H,7,9-13,16-20,22-24H2,1-6,8H3. The Morgan fingerprint density at radius 3 is 2.51 bits per heavy atom. The lowest BCUT2D eigenvalue weighted by Gasteiger charge is -2.53. The number of halogens is 1. The first-order valence-electron chi connectivity index (χ1n) is 16.7. The fourth-order valence-corrected chi connectivity index (χ4v) is 7.32. The molecule has 7 nitrogen and oxygen atoms in total. The molecule has 0 amide bonds. The van der Waals surface area contributed by atoms with Gasteiger partial charge in [-0.1, -0.05) is 39.8 Å². The Bertz CT molecular complexity index is 1190. The van der Waals surface area contributed by atoms with Gasteiger partial charge in [0.1, 0.15) is 17.8 Å². The molecule has 0 saturated carbocycles. The summed E-state index contributed by atoms with van der Waals surface area (Å²) in [6.45, 7) is 25.3. The molecule has 3 heterocycles. The lowest BCUT2D eigenvalue weighted by atomic mass is 9.76. The van der Waals surface area contributed by atoms with E-state index >= 15 is 0 Å². The molecular weight excluding hydrogens is 537 g/mol. The van der Waals surface area contributed by atoms with E-state index in [0.717, 1.165) is 61.1 Å². The number of hydrogen-bond acceptors (Lipinski definition) is 7. The van der Waals surface area contributed by atoms with Gasteiger partial charge in [0.25, 0.3) is 0 Å². The van der Waals surface area contributed by atoms with Gasteiger partial charge in [-0.2, -0.15) is 0 Å². The Kier molecular flexibility index (Phi) is 11.6. The molecule has 1 spiro atoms. The van der Waals surface area contributed by atoms with Crippen LogP contribution in [0.5, 0.6) is 0 Å². The van der Waals surface area contributed by atoms with Gasteiger partial charge in [0, 0.05) is 67.9 Å². The number of anilines is 1. The second-order valence-corrected chi connectivity index (χ2v) is 13.7. The highest BCUT2D eigenvalue weighted by Gasteiger charge is 2.50. The van der Waals surface area contributed by atoms with E-state index in [2.05, 4.69) is 85.0 Å². The Morgan fingerprint density at radius 1 is 1.09 bits per heavy atom. The topological polar surface area (TPSA) is 51.6 Å². The van der Waals surface area contributed by atoms with Gasteiger partial charge in [-0.3, -0.25) is 4.90 Å². The smallest absolute Gasteiger partial charge is 0.154 e. The fourth-order valence-electron chi connectivity index (χ4n) is 7.32. The lowest BCUT2D eigenvalue weighted by Crippen LogP contribution is -2.62. The van der Waals surface area contributed by atoms with Gasteiger partial charge in [0.15, 0.2) is 5.82 Å². The lowest BCUT2D eigenvalue weighted by molar-refractivity contribution is -0.0344. The van der Waals surface area contributed by atoms with Crippen LogP contribution in [0.15, 0.2) is 31.1 Å². The second-order valence-electron chi connectivity index (χ2n) is 13.7. The van der Waals surface area contributed by atoms with E-state index in [0.29, 0.717) is 23.8 Å². The van der Waals surface area contributed by atoms with Crippen LogP contribution in [0, 0.1) is 17.2 Å². The molecule has 43 heavy (non-hydrogen) atoms. The number of hydrogen-bond donors (Lipinski definition) is 0. The van der Waals surface area contributed by atoms with Crippen LogP contribution in [0.1, 0.15) is 90.5 Å².